The third-order valence-electron chi connectivity index (χ3n) is 1.89. The standard InChI is InChI=1S/C10H11N3O/c1-8-10(12-5-4-11-8)13-7-9-3-2-6-14-9/h2-6H,7H2,1H3,(H,12,13). The van der Waals surface area contributed by atoms with E-state index in [1.807, 2.05) is 19.1 Å². The molecule has 0 aliphatic rings. The lowest BCUT2D eigenvalue weighted by molar-refractivity contribution is 0.517. The summed E-state index contributed by atoms with van der Waals surface area (Å²) in [5.41, 5.74) is 0.888. The van der Waals surface area contributed by atoms with Crippen molar-refractivity contribution in [3.05, 3.63) is 42.2 Å². The van der Waals surface area contributed by atoms with Gasteiger partial charge in [-0.05, 0) is 19.1 Å². The van der Waals surface area contributed by atoms with E-state index < -0.39 is 0 Å². The summed E-state index contributed by atoms with van der Waals surface area (Å²) in [5.74, 6) is 1.68. The molecule has 2 rings (SSSR count). The van der Waals surface area contributed by atoms with Crippen LogP contribution in [0.25, 0.3) is 0 Å². The van der Waals surface area contributed by atoms with Gasteiger partial charge >= 0.3 is 0 Å². The van der Waals surface area contributed by atoms with Gasteiger partial charge < -0.3 is 9.73 Å². The van der Waals surface area contributed by atoms with E-state index in [2.05, 4.69) is 15.3 Å². The van der Waals surface area contributed by atoms with Crippen molar-refractivity contribution in [2.75, 3.05) is 5.32 Å². The van der Waals surface area contributed by atoms with Crippen LogP contribution >= 0.6 is 0 Å². The van der Waals surface area contributed by atoms with Crippen LogP contribution in [-0.2, 0) is 6.54 Å². The first kappa shape index (κ1) is 8.74. The molecule has 1 N–H and O–H groups in total. The van der Waals surface area contributed by atoms with Crippen molar-refractivity contribution < 1.29 is 4.42 Å². The van der Waals surface area contributed by atoms with E-state index in [1.54, 1.807) is 18.7 Å². The maximum atomic E-state index is 5.18. The molecule has 0 saturated heterocycles. The fourth-order valence-corrected chi connectivity index (χ4v) is 1.17. The smallest absolute Gasteiger partial charge is 0.147 e. The van der Waals surface area contributed by atoms with Crippen molar-refractivity contribution in [3.8, 4) is 0 Å². The maximum Gasteiger partial charge on any atom is 0.147 e. The Morgan fingerprint density at radius 2 is 2.21 bits per heavy atom. The summed E-state index contributed by atoms with van der Waals surface area (Å²) in [6.07, 6.45) is 4.99. The molecule has 4 heteroatoms. The molecule has 0 amide bonds. The summed E-state index contributed by atoms with van der Waals surface area (Å²) < 4.78 is 5.18. The van der Waals surface area contributed by atoms with Gasteiger partial charge in [0.25, 0.3) is 0 Å². The number of aromatic nitrogens is 2. The van der Waals surface area contributed by atoms with Crippen molar-refractivity contribution >= 4 is 5.82 Å². The van der Waals surface area contributed by atoms with E-state index in [-0.39, 0.29) is 0 Å². The Morgan fingerprint density at radius 1 is 1.36 bits per heavy atom. The van der Waals surface area contributed by atoms with Crippen LogP contribution in [0.5, 0.6) is 0 Å². The second-order valence-corrected chi connectivity index (χ2v) is 2.92. The number of aryl methyl sites for hydroxylation is 1. The zero-order valence-corrected chi connectivity index (χ0v) is 7.90. The highest BCUT2D eigenvalue weighted by Gasteiger charge is 2.00. The monoisotopic (exact) mass is 189 g/mol. The molecular weight excluding hydrogens is 178 g/mol. The van der Waals surface area contributed by atoms with Crippen molar-refractivity contribution in [1.29, 1.82) is 0 Å². The molecule has 0 spiro atoms. The quantitative estimate of drug-likeness (QED) is 0.802. The minimum absolute atomic E-state index is 0.631. The Kier molecular flexibility index (Phi) is 2.44. The molecule has 0 radical (unpaired) electrons. The highest BCUT2D eigenvalue weighted by Crippen LogP contribution is 2.08. The van der Waals surface area contributed by atoms with Gasteiger partial charge in [0.05, 0.1) is 18.5 Å². The molecule has 72 valence electrons. The van der Waals surface area contributed by atoms with E-state index in [1.165, 1.54) is 0 Å². The van der Waals surface area contributed by atoms with Crippen molar-refractivity contribution in [3.63, 3.8) is 0 Å². The summed E-state index contributed by atoms with van der Waals surface area (Å²) in [5, 5.41) is 3.15. The average Bonchev–Trinajstić information content (AvgIpc) is 2.69. The molecule has 0 unspecified atom stereocenters. The van der Waals surface area contributed by atoms with Crippen LogP contribution in [0.1, 0.15) is 11.5 Å². The van der Waals surface area contributed by atoms with Gasteiger partial charge in [-0.1, -0.05) is 0 Å². The van der Waals surface area contributed by atoms with Crippen LogP contribution in [0.4, 0.5) is 5.82 Å². The summed E-state index contributed by atoms with van der Waals surface area (Å²) in [6, 6.07) is 3.78. The third-order valence-corrected chi connectivity index (χ3v) is 1.89. The van der Waals surface area contributed by atoms with E-state index in [0.29, 0.717) is 6.54 Å². The Bertz CT molecular complexity index is 398. The minimum Gasteiger partial charge on any atom is -0.467 e. The number of nitrogens with one attached hydrogen (secondary N) is 1. The van der Waals surface area contributed by atoms with Crippen LogP contribution in [0.2, 0.25) is 0 Å². The lowest BCUT2D eigenvalue weighted by atomic mass is 10.4. The summed E-state index contributed by atoms with van der Waals surface area (Å²) in [6.45, 7) is 2.55. The zero-order chi connectivity index (χ0) is 9.80. The fraction of sp³-hybridized carbons (Fsp3) is 0.200. The highest BCUT2D eigenvalue weighted by atomic mass is 16.3. The van der Waals surface area contributed by atoms with Crippen LogP contribution < -0.4 is 5.32 Å². The summed E-state index contributed by atoms with van der Waals surface area (Å²) >= 11 is 0. The Balaban J connectivity index is 2.02. The van der Waals surface area contributed by atoms with E-state index >= 15 is 0 Å². The second kappa shape index (κ2) is 3.91. The Hall–Kier alpha value is -1.84. The molecule has 2 aromatic heterocycles. The van der Waals surface area contributed by atoms with Gasteiger partial charge in [-0.15, -0.1) is 0 Å². The van der Waals surface area contributed by atoms with Gasteiger partial charge in [-0.3, -0.25) is 4.98 Å². The van der Waals surface area contributed by atoms with Crippen LogP contribution in [0.15, 0.2) is 35.2 Å². The first-order valence-electron chi connectivity index (χ1n) is 4.40. The summed E-state index contributed by atoms with van der Waals surface area (Å²) in [7, 11) is 0. The van der Waals surface area contributed by atoms with Crippen LogP contribution in [0.3, 0.4) is 0 Å². The topological polar surface area (TPSA) is 51.0 Å². The van der Waals surface area contributed by atoms with Gasteiger partial charge in [0.2, 0.25) is 0 Å². The van der Waals surface area contributed by atoms with E-state index in [0.717, 1.165) is 17.3 Å². The Morgan fingerprint density at radius 3 is 2.93 bits per heavy atom. The molecule has 0 fully saturated rings. The number of hydrogen-bond donors (Lipinski definition) is 1. The number of hydrogen-bond acceptors (Lipinski definition) is 4. The van der Waals surface area contributed by atoms with Gasteiger partial charge in [0, 0.05) is 12.4 Å². The molecule has 0 aliphatic carbocycles. The van der Waals surface area contributed by atoms with Gasteiger partial charge in [0.15, 0.2) is 0 Å². The Labute approximate surface area is 82.0 Å². The molecule has 0 atom stereocenters. The van der Waals surface area contributed by atoms with E-state index in [4.69, 9.17) is 4.42 Å². The van der Waals surface area contributed by atoms with Crippen molar-refractivity contribution in [2.24, 2.45) is 0 Å². The number of rotatable bonds is 3. The normalized spacial score (nSPS) is 10.1. The molecule has 2 aromatic rings. The molecule has 2 heterocycles. The molecule has 0 aromatic carbocycles. The first-order valence-corrected chi connectivity index (χ1v) is 4.40. The predicted molar refractivity (Wildman–Crippen MR) is 52.8 cm³/mol. The predicted octanol–water partition coefficient (Wildman–Crippen LogP) is 1.99. The lowest BCUT2D eigenvalue weighted by Crippen LogP contribution is -2.02. The average molecular weight is 189 g/mol. The van der Waals surface area contributed by atoms with Crippen LogP contribution in [-0.4, -0.2) is 9.97 Å². The molecular formula is C10H11N3O. The molecule has 14 heavy (non-hydrogen) atoms. The lowest BCUT2D eigenvalue weighted by Gasteiger charge is -2.04. The maximum absolute atomic E-state index is 5.18. The van der Waals surface area contributed by atoms with E-state index in [9.17, 15) is 0 Å². The number of furan rings is 1. The first-order chi connectivity index (χ1) is 6.86. The van der Waals surface area contributed by atoms with Crippen LogP contribution in [0, 0.1) is 6.92 Å². The molecule has 0 bridgehead atoms. The fourth-order valence-electron chi connectivity index (χ4n) is 1.17. The number of anilines is 1. The van der Waals surface area contributed by atoms with Gasteiger partial charge in [-0.2, -0.15) is 0 Å². The number of nitrogens with zero attached hydrogens (tertiary/aromatic N) is 2. The second-order valence-electron chi connectivity index (χ2n) is 2.92. The highest BCUT2D eigenvalue weighted by molar-refractivity contribution is 5.38. The van der Waals surface area contributed by atoms with Crippen molar-refractivity contribution in [1.82, 2.24) is 9.97 Å². The zero-order valence-electron chi connectivity index (χ0n) is 7.90. The molecule has 0 saturated carbocycles. The van der Waals surface area contributed by atoms with Crippen molar-refractivity contribution in [2.45, 2.75) is 13.5 Å². The molecule has 4 nitrogen and oxygen atoms in total. The van der Waals surface area contributed by atoms with Gasteiger partial charge in [0.1, 0.15) is 11.6 Å². The summed E-state index contributed by atoms with van der Waals surface area (Å²) in [4.78, 5) is 8.29. The third kappa shape index (κ3) is 1.90. The minimum atomic E-state index is 0.631. The largest absolute Gasteiger partial charge is 0.467 e. The molecule has 0 aliphatic heterocycles. The van der Waals surface area contributed by atoms with Gasteiger partial charge in [-0.25, -0.2) is 4.98 Å². The SMILES string of the molecule is Cc1nccnc1NCc1ccco1.